The van der Waals surface area contributed by atoms with Crippen molar-refractivity contribution >= 4 is 36.0 Å². The summed E-state index contributed by atoms with van der Waals surface area (Å²) in [7, 11) is 0. The maximum absolute atomic E-state index is 14.4. The Labute approximate surface area is 479 Å². The summed E-state index contributed by atoms with van der Waals surface area (Å²) >= 11 is 0. The highest BCUT2D eigenvalue weighted by Crippen LogP contribution is 2.30. The van der Waals surface area contributed by atoms with E-state index >= 15 is 0 Å². The number of amides is 6. The lowest BCUT2D eigenvalue weighted by Crippen LogP contribution is -2.56. The maximum atomic E-state index is 14.4. The van der Waals surface area contributed by atoms with Gasteiger partial charge in [0.05, 0.1) is 19.6 Å². The number of fused-ring (bicyclic) bond motifs is 3. The van der Waals surface area contributed by atoms with Crippen LogP contribution >= 0.6 is 0 Å². The van der Waals surface area contributed by atoms with E-state index in [1.807, 2.05) is 39.0 Å². The summed E-state index contributed by atoms with van der Waals surface area (Å²) in [6.07, 6.45) is 11.1. The van der Waals surface area contributed by atoms with Crippen LogP contribution in [-0.4, -0.2) is 126 Å². The Morgan fingerprint density at radius 3 is 0.889 bits per heavy atom. The number of ether oxygens (including phenoxy) is 3. The largest absolute Gasteiger partial charge is 0.460 e. The highest BCUT2D eigenvalue weighted by Gasteiger charge is 2.36. The average molecular weight is 1110 g/mol. The molecule has 438 valence electrons. The Balaban J connectivity index is 1.17. The summed E-state index contributed by atoms with van der Waals surface area (Å²) in [5.74, 6) is -1.52. The number of rotatable bonds is 12. The molecule has 6 atom stereocenters. The van der Waals surface area contributed by atoms with Crippen molar-refractivity contribution in [1.29, 1.82) is 0 Å². The van der Waals surface area contributed by atoms with Crippen LogP contribution in [-0.2, 0) is 67.9 Å². The first-order valence-electron chi connectivity index (χ1n) is 29.2. The lowest BCUT2D eigenvalue weighted by molar-refractivity contribution is -0.139. The average Bonchev–Trinajstić information content (AvgIpc) is 3.56. The van der Waals surface area contributed by atoms with Crippen molar-refractivity contribution in [1.82, 2.24) is 46.6 Å². The van der Waals surface area contributed by atoms with E-state index in [9.17, 15) is 28.8 Å². The Hall–Kier alpha value is -7.02. The first-order chi connectivity index (χ1) is 39.1. The van der Waals surface area contributed by atoms with Crippen molar-refractivity contribution in [3.8, 4) is 0 Å². The smallest absolute Gasteiger partial charge is 0.333 e. The van der Waals surface area contributed by atoms with Gasteiger partial charge in [0.1, 0.15) is 19.8 Å². The number of urea groups is 3. The monoisotopic (exact) mass is 1110 g/mol. The Morgan fingerprint density at radius 2 is 0.642 bits per heavy atom. The number of carbonyl (C=O) groups excluding carboxylic acids is 6. The van der Waals surface area contributed by atoms with Crippen molar-refractivity contribution in [2.45, 2.75) is 173 Å². The minimum atomic E-state index is -0.513. The second-order valence-electron chi connectivity index (χ2n) is 22.3. The molecule has 0 spiro atoms. The molecular weight excluding hydrogens is 1030 g/mol. The Kier molecular flexibility index (Phi) is 23.8. The summed E-state index contributed by atoms with van der Waals surface area (Å²) < 4.78 is 16.0. The van der Waals surface area contributed by atoms with Crippen LogP contribution in [0.5, 0.6) is 0 Å². The van der Waals surface area contributed by atoms with Gasteiger partial charge < -0.3 is 60.8 Å². The van der Waals surface area contributed by atoms with Crippen LogP contribution in [0.4, 0.5) is 14.4 Å². The number of hydrogen-bond acceptors (Lipinski definition) is 12. The molecule has 6 bridgehead atoms. The van der Waals surface area contributed by atoms with Crippen molar-refractivity contribution in [2.24, 2.45) is 0 Å². The molecule has 0 saturated heterocycles. The third-order valence-corrected chi connectivity index (χ3v) is 15.9. The molecule has 0 aromatic heterocycles. The zero-order valence-corrected chi connectivity index (χ0v) is 48.0. The van der Waals surface area contributed by atoms with Crippen LogP contribution in [0.25, 0.3) is 0 Å². The van der Waals surface area contributed by atoms with E-state index in [0.29, 0.717) is 44.8 Å². The molecule has 81 heavy (non-hydrogen) atoms. The Morgan fingerprint density at radius 1 is 0.407 bits per heavy atom. The fourth-order valence-corrected chi connectivity index (χ4v) is 11.4. The van der Waals surface area contributed by atoms with Gasteiger partial charge in [-0.25, -0.2) is 28.8 Å². The van der Waals surface area contributed by atoms with Gasteiger partial charge in [-0.15, -0.1) is 0 Å². The third kappa shape index (κ3) is 18.8. The highest BCUT2D eigenvalue weighted by molar-refractivity contribution is 5.88. The van der Waals surface area contributed by atoms with Crippen LogP contribution in [0.15, 0.2) is 109 Å². The van der Waals surface area contributed by atoms with Crippen LogP contribution in [0.1, 0.15) is 131 Å². The van der Waals surface area contributed by atoms with E-state index in [1.54, 1.807) is 20.8 Å². The summed E-state index contributed by atoms with van der Waals surface area (Å²) in [4.78, 5) is 85.3. The first kappa shape index (κ1) is 61.6. The number of nitrogens with one attached hydrogen (secondary N) is 6. The third-order valence-electron chi connectivity index (χ3n) is 15.9. The van der Waals surface area contributed by atoms with E-state index in [0.717, 1.165) is 110 Å². The molecule has 3 aromatic carbocycles. The van der Waals surface area contributed by atoms with E-state index < -0.39 is 17.9 Å². The van der Waals surface area contributed by atoms with Gasteiger partial charge in [-0.2, -0.15) is 0 Å². The predicted octanol–water partition coefficient (Wildman–Crippen LogP) is 8.20. The van der Waals surface area contributed by atoms with Gasteiger partial charge in [0.15, 0.2) is 0 Å². The lowest BCUT2D eigenvalue weighted by Gasteiger charge is -2.41. The van der Waals surface area contributed by atoms with Crippen LogP contribution in [0, 0.1) is 0 Å². The normalized spacial score (nSPS) is 21.9. The van der Waals surface area contributed by atoms with Gasteiger partial charge in [0, 0.05) is 92.2 Å². The second kappa shape index (κ2) is 31.3. The zero-order valence-electron chi connectivity index (χ0n) is 48.0. The molecule has 3 fully saturated rings. The van der Waals surface area contributed by atoms with Crippen molar-refractivity contribution in [2.75, 3.05) is 39.5 Å². The number of carbonyl (C=O) groups is 6. The van der Waals surface area contributed by atoms with Gasteiger partial charge >= 0.3 is 36.0 Å². The van der Waals surface area contributed by atoms with Gasteiger partial charge in [0.25, 0.3) is 0 Å². The van der Waals surface area contributed by atoms with Gasteiger partial charge in [-0.05, 0) is 92.7 Å². The van der Waals surface area contributed by atoms with Crippen LogP contribution in [0.2, 0.25) is 0 Å². The molecule has 7 aliphatic rings. The zero-order chi connectivity index (χ0) is 57.7. The maximum Gasteiger partial charge on any atom is 0.333 e. The molecule has 3 aliphatic carbocycles. The van der Waals surface area contributed by atoms with Gasteiger partial charge in [-0.3, -0.25) is 0 Å². The lowest BCUT2D eigenvalue weighted by atomic mass is 9.88. The molecule has 6 unspecified atom stereocenters. The fraction of sp³-hybridized carbons (Fsp3) is 0.524. The number of benzene rings is 3. The molecule has 4 heterocycles. The minimum absolute atomic E-state index is 0.00399. The SMILES string of the molecule is C=C(C)C(=O)OCCNC(=O)N1Cc2ccc(cc2)CNC2CCCCC2N(C(=O)NCCOC(=O)C(=C)C)Cc2ccc(cc2)CN(C(=O)NCCOC(=O)C(=C)C)C2CCCCC2NCc2ccc(cc2)CNC2CCCCC21. The van der Waals surface area contributed by atoms with E-state index in [4.69, 9.17) is 14.2 Å². The molecule has 6 amide bonds. The molecule has 6 N–H and O–H groups in total. The minimum Gasteiger partial charge on any atom is -0.460 e. The van der Waals surface area contributed by atoms with Crippen molar-refractivity contribution < 1.29 is 43.0 Å². The van der Waals surface area contributed by atoms with Crippen molar-refractivity contribution in [3.05, 3.63) is 143 Å². The molecule has 0 radical (unpaired) electrons. The van der Waals surface area contributed by atoms with E-state index in [-0.39, 0.29) is 105 Å². The van der Waals surface area contributed by atoms with Crippen LogP contribution < -0.4 is 31.9 Å². The quantitative estimate of drug-likeness (QED) is 0.0439. The standard InChI is InChI=1S/C63H87N9O9/c1-43(2)58(73)79-34-31-64-61(76)70-40-49-25-23-48(24-26-49)39-69-54-15-9-12-18-57(54)72(63(78)66-33-36-81-60(75)45(5)6)42-51-29-27-50(28-30-51)41-71(62(77)65-32-35-80-59(74)44(3)4)56-17-11-8-14-53(56)68-38-47-21-19-46(20-22-47)37-67-52-13-7-10-16-55(52)70/h19-30,52-57,67-69H,1,3,5,7-18,31-42H2,2,4,6H3,(H,64,76)(H,65,77)(H,66,78). The highest BCUT2D eigenvalue weighted by atomic mass is 16.5. The van der Waals surface area contributed by atoms with Crippen molar-refractivity contribution in [3.63, 3.8) is 0 Å². The summed E-state index contributed by atoms with van der Waals surface area (Å²) in [6, 6.07) is 24.0. The molecular formula is C63H87N9O9. The second-order valence-corrected chi connectivity index (χ2v) is 22.3. The van der Waals surface area contributed by atoms with E-state index in [1.165, 1.54) is 0 Å². The molecule has 3 aromatic rings. The fourth-order valence-electron chi connectivity index (χ4n) is 11.4. The van der Waals surface area contributed by atoms with E-state index in [2.05, 4.69) is 100 Å². The number of nitrogens with zero attached hydrogens (tertiary/aromatic N) is 3. The molecule has 4 aliphatic heterocycles. The number of hydrogen-bond donors (Lipinski definition) is 6. The summed E-state index contributed by atoms with van der Waals surface area (Å²) in [5, 5.41) is 20.6. The first-order valence-corrected chi connectivity index (χ1v) is 29.2. The summed E-state index contributed by atoms with van der Waals surface area (Å²) in [5.41, 5.74) is 7.04. The van der Waals surface area contributed by atoms with Crippen LogP contribution in [0.3, 0.4) is 0 Å². The predicted molar refractivity (Wildman–Crippen MR) is 312 cm³/mol. The molecule has 18 nitrogen and oxygen atoms in total. The Bertz CT molecular complexity index is 2630. The molecule has 3 saturated carbocycles. The molecule has 18 heteroatoms. The number of esters is 3. The summed E-state index contributed by atoms with van der Waals surface area (Å²) in [6.45, 7) is 19.1. The van der Waals surface area contributed by atoms with Gasteiger partial charge in [-0.1, -0.05) is 131 Å². The van der Waals surface area contributed by atoms with Gasteiger partial charge in [0.2, 0.25) is 0 Å². The topological polar surface area (TPSA) is 212 Å². The molecule has 10 rings (SSSR count).